The van der Waals surface area contributed by atoms with Gasteiger partial charge in [-0.2, -0.15) is 0 Å². The van der Waals surface area contributed by atoms with Crippen molar-refractivity contribution in [1.29, 1.82) is 0 Å². The predicted molar refractivity (Wildman–Crippen MR) is 85.8 cm³/mol. The number of piperidine rings is 1. The lowest BCUT2D eigenvalue weighted by Gasteiger charge is -2.40. The van der Waals surface area contributed by atoms with Gasteiger partial charge >= 0.3 is 0 Å². The molecule has 1 aliphatic rings. The molecule has 2 atom stereocenters. The molecule has 1 aliphatic heterocycles. The van der Waals surface area contributed by atoms with Crippen LogP contribution >= 0.6 is 0 Å². The molecule has 4 nitrogen and oxygen atoms in total. The summed E-state index contributed by atoms with van der Waals surface area (Å²) < 4.78 is 0. The molecule has 21 heavy (non-hydrogen) atoms. The van der Waals surface area contributed by atoms with Crippen molar-refractivity contribution in [2.45, 2.75) is 67.3 Å². The highest BCUT2D eigenvalue weighted by Gasteiger charge is 2.33. The van der Waals surface area contributed by atoms with Gasteiger partial charge in [-0.3, -0.25) is 9.59 Å². The maximum atomic E-state index is 12.2. The number of rotatable bonds is 2. The Morgan fingerprint density at radius 2 is 1.67 bits per heavy atom. The van der Waals surface area contributed by atoms with Crippen molar-refractivity contribution >= 4 is 11.8 Å². The fourth-order valence-corrected chi connectivity index (χ4v) is 2.98. The summed E-state index contributed by atoms with van der Waals surface area (Å²) in [5.74, 6) is 0.615. The Morgan fingerprint density at radius 1 is 1.10 bits per heavy atom. The minimum atomic E-state index is -0.391. The van der Waals surface area contributed by atoms with Crippen molar-refractivity contribution in [3.05, 3.63) is 0 Å². The first-order valence-corrected chi connectivity index (χ1v) is 7.95. The van der Waals surface area contributed by atoms with E-state index in [9.17, 15) is 9.59 Å². The molecule has 122 valence electrons. The molecule has 1 N–H and O–H groups in total. The van der Waals surface area contributed by atoms with Crippen LogP contribution in [0.15, 0.2) is 0 Å². The first-order chi connectivity index (χ1) is 9.38. The summed E-state index contributed by atoms with van der Waals surface area (Å²) in [5.41, 5.74) is -0.152. The van der Waals surface area contributed by atoms with Crippen LogP contribution in [0.25, 0.3) is 0 Å². The van der Waals surface area contributed by atoms with Crippen molar-refractivity contribution < 1.29 is 9.59 Å². The fraction of sp³-hybridized carbons (Fsp3) is 0.882. The molecule has 0 aliphatic carbocycles. The number of nitrogens with one attached hydrogen (secondary N) is 1. The number of carbonyl (C=O) groups excluding carboxylic acids is 2. The molecule has 0 aromatic heterocycles. The first kappa shape index (κ1) is 18.0. The maximum Gasteiger partial charge on any atom is 0.225 e. The van der Waals surface area contributed by atoms with Crippen molar-refractivity contribution in [3.8, 4) is 0 Å². The van der Waals surface area contributed by atoms with Crippen LogP contribution in [0.4, 0.5) is 0 Å². The monoisotopic (exact) mass is 296 g/mol. The van der Waals surface area contributed by atoms with Crippen molar-refractivity contribution in [2.75, 3.05) is 13.1 Å². The average molecular weight is 296 g/mol. The molecular weight excluding hydrogens is 264 g/mol. The third-order valence-electron chi connectivity index (χ3n) is 3.90. The highest BCUT2D eigenvalue weighted by atomic mass is 16.2. The number of nitrogens with zero attached hydrogens (tertiary/aromatic N) is 1. The normalized spacial score (nSPS) is 23.9. The van der Waals surface area contributed by atoms with Gasteiger partial charge in [-0.25, -0.2) is 0 Å². The Bertz CT molecular complexity index is 391. The summed E-state index contributed by atoms with van der Waals surface area (Å²) in [5, 5.41) is 3.13. The molecule has 1 heterocycles. The van der Waals surface area contributed by atoms with Gasteiger partial charge in [0.2, 0.25) is 11.8 Å². The lowest BCUT2D eigenvalue weighted by molar-refractivity contribution is -0.134. The van der Waals surface area contributed by atoms with Gasteiger partial charge in [0.15, 0.2) is 0 Å². The van der Waals surface area contributed by atoms with E-state index in [4.69, 9.17) is 0 Å². The van der Waals surface area contributed by atoms with E-state index in [0.29, 0.717) is 12.5 Å². The number of amides is 2. The van der Waals surface area contributed by atoms with Gasteiger partial charge in [0.05, 0.1) is 0 Å². The van der Waals surface area contributed by atoms with Gasteiger partial charge in [-0.1, -0.05) is 41.5 Å². The Kier molecular flexibility index (Phi) is 5.46. The van der Waals surface area contributed by atoms with E-state index in [1.165, 1.54) is 0 Å². The lowest BCUT2D eigenvalue weighted by atomic mass is 9.80. The molecule has 4 heteroatoms. The molecule has 0 aromatic carbocycles. The Labute approximate surface area is 129 Å². The third kappa shape index (κ3) is 6.06. The van der Waals surface area contributed by atoms with E-state index in [2.05, 4.69) is 26.1 Å². The number of hydrogen-bond acceptors (Lipinski definition) is 2. The van der Waals surface area contributed by atoms with Gasteiger partial charge in [-0.15, -0.1) is 0 Å². The third-order valence-corrected chi connectivity index (χ3v) is 3.90. The Balaban J connectivity index is 2.75. The first-order valence-electron chi connectivity index (χ1n) is 7.95. The number of hydrogen-bond donors (Lipinski definition) is 1. The summed E-state index contributed by atoms with van der Waals surface area (Å²) in [6.45, 7) is 15.5. The maximum absolute atomic E-state index is 12.2. The van der Waals surface area contributed by atoms with Crippen molar-refractivity contribution in [1.82, 2.24) is 10.2 Å². The highest BCUT2D eigenvalue weighted by molar-refractivity contribution is 5.81. The van der Waals surface area contributed by atoms with Crippen LogP contribution in [0.5, 0.6) is 0 Å². The van der Waals surface area contributed by atoms with E-state index in [1.807, 2.05) is 25.7 Å². The molecule has 2 amide bonds. The second-order valence-electron chi connectivity index (χ2n) is 8.71. The smallest absolute Gasteiger partial charge is 0.225 e. The molecule has 1 saturated heterocycles. The minimum absolute atomic E-state index is 0.0624. The number of likely N-dealkylation sites (tertiary alicyclic amines) is 1. The standard InChI is InChI=1S/C17H32N2O2/c1-12(20)19-10-13(9-16(2,3)4)8-14(11-19)18-15(21)17(5,6)7/h13-14H,8-11H2,1-7H3,(H,18,21). The lowest BCUT2D eigenvalue weighted by Crippen LogP contribution is -2.54. The molecule has 2 unspecified atom stereocenters. The second-order valence-corrected chi connectivity index (χ2v) is 8.71. The molecule has 0 aromatic rings. The van der Waals surface area contributed by atoms with Crippen LogP contribution in [-0.4, -0.2) is 35.8 Å². The second kappa shape index (κ2) is 6.37. The SMILES string of the molecule is CC(=O)N1CC(CC(C)(C)C)CC(NC(=O)C(C)(C)C)C1. The molecule has 0 radical (unpaired) electrons. The Hall–Kier alpha value is -1.06. The minimum Gasteiger partial charge on any atom is -0.351 e. The average Bonchev–Trinajstić information content (AvgIpc) is 2.24. The zero-order chi connectivity index (χ0) is 16.4. The summed E-state index contributed by atoms with van der Waals surface area (Å²) >= 11 is 0. The Morgan fingerprint density at radius 3 is 2.10 bits per heavy atom. The van der Waals surface area contributed by atoms with Crippen LogP contribution < -0.4 is 5.32 Å². The predicted octanol–water partition coefficient (Wildman–Crippen LogP) is 2.82. The van der Waals surface area contributed by atoms with E-state index >= 15 is 0 Å². The summed E-state index contributed by atoms with van der Waals surface area (Å²) in [6, 6.07) is 0.0710. The molecule has 0 saturated carbocycles. The quantitative estimate of drug-likeness (QED) is 0.852. The van der Waals surface area contributed by atoms with Crippen LogP contribution in [0.3, 0.4) is 0 Å². The van der Waals surface area contributed by atoms with Gasteiger partial charge in [0, 0.05) is 31.5 Å². The topological polar surface area (TPSA) is 49.4 Å². The molecule has 0 bridgehead atoms. The van der Waals surface area contributed by atoms with Crippen LogP contribution in [0.2, 0.25) is 0 Å². The summed E-state index contributed by atoms with van der Waals surface area (Å²) in [7, 11) is 0. The van der Waals surface area contributed by atoms with Gasteiger partial charge < -0.3 is 10.2 Å². The molecule has 0 spiro atoms. The van der Waals surface area contributed by atoms with E-state index < -0.39 is 5.41 Å². The highest BCUT2D eigenvalue weighted by Crippen LogP contribution is 2.30. The van der Waals surface area contributed by atoms with Crippen molar-refractivity contribution in [2.24, 2.45) is 16.7 Å². The summed E-state index contributed by atoms with van der Waals surface area (Å²) in [4.78, 5) is 25.8. The van der Waals surface area contributed by atoms with Crippen molar-refractivity contribution in [3.63, 3.8) is 0 Å². The van der Waals surface area contributed by atoms with E-state index in [-0.39, 0.29) is 23.3 Å². The largest absolute Gasteiger partial charge is 0.351 e. The fourth-order valence-electron chi connectivity index (χ4n) is 2.98. The van der Waals surface area contributed by atoms with Crippen LogP contribution in [0, 0.1) is 16.7 Å². The zero-order valence-corrected chi connectivity index (χ0v) is 14.7. The summed E-state index contributed by atoms with van der Waals surface area (Å²) in [6.07, 6.45) is 2.03. The molecule has 1 rings (SSSR count). The van der Waals surface area contributed by atoms with Crippen LogP contribution in [0.1, 0.15) is 61.3 Å². The molecular formula is C17H32N2O2. The van der Waals surface area contributed by atoms with Crippen LogP contribution in [-0.2, 0) is 9.59 Å². The van der Waals surface area contributed by atoms with E-state index in [0.717, 1.165) is 19.4 Å². The van der Waals surface area contributed by atoms with Gasteiger partial charge in [0.1, 0.15) is 0 Å². The molecule has 1 fully saturated rings. The van der Waals surface area contributed by atoms with E-state index in [1.54, 1.807) is 6.92 Å². The van der Waals surface area contributed by atoms with Gasteiger partial charge in [0.25, 0.3) is 0 Å². The van der Waals surface area contributed by atoms with Gasteiger partial charge in [-0.05, 0) is 24.2 Å². The number of carbonyl (C=O) groups is 2. The zero-order valence-electron chi connectivity index (χ0n) is 14.7.